The molecular formula is C10H16N4S2. The van der Waals surface area contributed by atoms with Gasteiger partial charge in [-0.15, -0.1) is 5.10 Å². The zero-order chi connectivity index (χ0) is 11.4. The van der Waals surface area contributed by atoms with Gasteiger partial charge in [-0.3, -0.25) is 0 Å². The molecule has 1 fully saturated rings. The van der Waals surface area contributed by atoms with Crippen molar-refractivity contribution in [1.29, 1.82) is 0 Å². The molecule has 1 aliphatic rings. The largest absolute Gasteiger partial charge is 0.217 e. The lowest BCUT2D eigenvalue weighted by molar-refractivity contribution is 0.423. The van der Waals surface area contributed by atoms with Crippen molar-refractivity contribution in [3.63, 3.8) is 0 Å². The van der Waals surface area contributed by atoms with Gasteiger partial charge in [-0.1, -0.05) is 36.8 Å². The summed E-state index contributed by atoms with van der Waals surface area (Å²) in [7, 11) is 0. The Morgan fingerprint density at radius 3 is 2.94 bits per heavy atom. The number of thiol groups is 1. The van der Waals surface area contributed by atoms with E-state index < -0.39 is 0 Å². The van der Waals surface area contributed by atoms with Crippen molar-refractivity contribution in [3.05, 3.63) is 12.2 Å². The summed E-state index contributed by atoms with van der Waals surface area (Å²) in [5.74, 6) is 1.56. The predicted octanol–water partition coefficient (Wildman–Crippen LogP) is 2.37. The van der Waals surface area contributed by atoms with Gasteiger partial charge in [0, 0.05) is 11.5 Å². The maximum Gasteiger partial charge on any atom is 0.209 e. The molecule has 0 saturated heterocycles. The van der Waals surface area contributed by atoms with E-state index in [1.54, 1.807) is 11.8 Å². The normalized spacial score (nSPS) is 16.8. The lowest BCUT2D eigenvalue weighted by Crippen LogP contribution is -2.08. The van der Waals surface area contributed by atoms with E-state index in [2.05, 4.69) is 34.7 Å². The van der Waals surface area contributed by atoms with Crippen LogP contribution in [0.4, 0.5) is 0 Å². The van der Waals surface area contributed by atoms with Gasteiger partial charge >= 0.3 is 0 Å². The van der Waals surface area contributed by atoms with Crippen molar-refractivity contribution in [1.82, 2.24) is 20.2 Å². The molecule has 0 unspecified atom stereocenters. The van der Waals surface area contributed by atoms with Crippen LogP contribution in [-0.2, 0) is 0 Å². The number of nitrogens with zero attached hydrogens (tertiary/aromatic N) is 4. The van der Waals surface area contributed by atoms with E-state index in [4.69, 9.17) is 0 Å². The van der Waals surface area contributed by atoms with E-state index in [0.29, 0.717) is 6.04 Å². The average Bonchev–Trinajstić information content (AvgIpc) is 2.95. The van der Waals surface area contributed by atoms with Crippen LogP contribution < -0.4 is 0 Å². The third kappa shape index (κ3) is 2.79. The third-order valence-electron chi connectivity index (χ3n) is 2.76. The first-order valence-electron chi connectivity index (χ1n) is 5.49. The van der Waals surface area contributed by atoms with Crippen molar-refractivity contribution < 1.29 is 0 Å². The summed E-state index contributed by atoms with van der Waals surface area (Å²) in [6.07, 6.45) is 4.98. The summed E-state index contributed by atoms with van der Waals surface area (Å²) in [5.41, 5.74) is 1.11. The molecule has 1 heterocycles. The summed E-state index contributed by atoms with van der Waals surface area (Å²) in [6.45, 7) is 3.92. The number of hydrogen-bond donors (Lipinski definition) is 1. The summed E-state index contributed by atoms with van der Waals surface area (Å²) in [6, 6.07) is 0.502. The van der Waals surface area contributed by atoms with Crippen molar-refractivity contribution in [3.8, 4) is 0 Å². The van der Waals surface area contributed by atoms with Crippen LogP contribution in [0, 0.1) is 0 Å². The van der Waals surface area contributed by atoms with Crippen LogP contribution in [0.1, 0.15) is 31.7 Å². The van der Waals surface area contributed by atoms with Gasteiger partial charge in [0.1, 0.15) is 0 Å². The minimum absolute atomic E-state index is 0.502. The summed E-state index contributed by atoms with van der Waals surface area (Å²) >= 11 is 5.84. The molecule has 4 nitrogen and oxygen atoms in total. The molecule has 1 aromatic heterocycles. The Labute approximate surface area is 105 Å². The van der Waals surface area contributed by atoms with Crippen molar-refractivity contribution in [2.45, 2.75) is 36.9 Å². The summed E-state index contributed by atoms with van der Waals surface area (Å²) < 4.78 is 1.98. The van der Waals surface area contributed by atoms with Crippen LogP contribution in [0.3, 0.4) is 0 Å². The minimum Gasteiger partial charge on any atom is -0.217 e. The second-order valence-corrected chi connectivity index (χ2v) is 5.30. The topological polar surface area (TPSA) is 43.6 Å². The second kappa shape index (κ2) is 5.72. The quantitative estimate of drug-likeness (QED) is 0.499. The molecule has 0 amide bonds. The van der Waals surface area contributed by atoms with E-state index in [1.807, 2.05) is 4.68 Å². The maximum atomic E-state index is 4.19. The van der Waals surface area contributed by atoms with Gasteiger partial charge in [-0.05, 0) is 23.3 Å². The van der Waals surface area contributed by atoms with Gasteiger partial charge in [0.25, 0.3) is 0 Å². The Morgan fingerprint density at radius 1 is 1.50 bits per heavy atom. The van der Waals surface area contributed by atoms with Crippen LogP contribution in [0.25, 0.3) is 0 Å². The maximum absolute atomic E-state index is 4.19. The molecule has 1 aromatic rings. The Morgan fingerprint density at radius 2 is 2.25 bits per heavy atom. The molecule has 0 N–H and O–H groups in total. The number of tetrazole rings is 1. The third-order valence-corrected chi connectivity index (χ3v) is 4.29. The monoisotopic (exact) mass is 256 g/mol. The van der Waals surface area contributed by atoms with Gasteiger partial charge in [-0.2, -0.15) is 12.6 Å². The van der Waals surface area contributed by atoms with E-state index in [0.717, 1.165) is 22.2 Å². The number of hydrogen-bond acceptors (Lipinski definition) is 5. The van der Waals surface area contributed by atoms with E-state index in [-0.39, 0.29) is 0 Å². The standard InChI is InChI=1S/C10H16N4S2/c1-8(6-15)7-16-10-11-12-13-14(10)9-4-2-3-5-9/h9,15H,1-7H2. The zero-order valence-corrected chi connectivity index (χ0v) is 10.9. The molecule has 0 aromatic carbocycles. The molecule has 0 spiro atoms. The number of rotatable bonds is 5. The molecular weight excluding hydrogens is 240 g/mol. The van der Waals surface area contributed by atoms with Crippen molar-refractivity contribution >= 4 is 24.4 Å². The van der Waals surface area contributed by atoms with E-state index in [9.17, 15) is 0 Å². The van der Waals surface area contributed by atoms with Gasteiger partial charge in [-0.25, -0.2) is 4.68 Å². The fourth-order valence-electron chi connectivity index (χ4n) is 1.87. The fourth-order valence-corrected chi connectivity index (χ4v) is 2.98. The van der Waals surface area contributed by atoms with Gasteiger partial charge in [0.05, 0.1) is 6.04 Å². The Kier molecular flexibility index (Phi) is 4.29. The van der Waals surface area contributed by atoms with Gasteiger partial charge < -0.3 is 0 Å². The molecule has 0 aliphatic heterocycles. The first-order valence-corrected chi connectivity index (χ1v) is 7.11. The molecule has 16 heavy (non-hydrogen) atoms. The SMILES string of the molecule is C=C(CS)CSc1nnnn1C1CCCC1. The Hall–Kier alpha value is -0.490. The van der Waals surface area contributed by atoms with Crippen molar-refractivity contribution in [2.24, 2.45) is 0 Å². The van der Waals surface area contributed by atoms with E-state index >= 15 is 0 Å². The molecule has 0 radical (unpaired) electrons. The molecule has 6 heteroatoms. The molecule has 88 valence electrons. The molecule has 2 rings (SSSR count). The predicted molar refractivity (Wildman–Crippen MR) is 69.0 cm³/mol. The van der Waals surface area contributed by atoms with E-state index in [1.165, 1.54) is 25.7 Å². The summed E-state index contributed by atoms with van der Waals surface area (Å²) in [5, 5.41) is 12.8. The molecule has 1 saturated carbocycles. The summed E-state index contributed by atoms with van der Waals surface area (Å²) in [4.78, 5) is 0. The highest BCUT2D eigenvalue weighted by Crippen LogP contribution is 2.31. The molecule has 1 aliphatic carbocycles. The molecule has 0 bridgehead atoms. The first kappa shape index (κ1) is 12.0. The number of aromatic nitrogens is 4. The van der Waals surface area contributed by atoms with Gasteiger partial charge in [0.2, 0.25) is 5.16 Å². The highest BCUT2D eigenvalue weighted by molar-refractivity contribution is 7.99. The van der Waals surface area contributed by atoms with Crippen LogP contribution in [0.5, 0.6) is 0 Å². The Balaban J connectivity index is 1.98. The first-order chi connectivity index (χ1) is 7.81. The van der Waals surface area contributed by atoms with Crippen LogP contribution in [-0.4, -0.2) is 31.7 Å². The smallest absolute Gasteiger partial charge is 0.209 e. The van der Waals surface area contributed by atoms with Crippen LogP contribution in [0.2, 0.25) is 0 Å². The van der Waals surface area contributed by atoms with Crippen molar-refractivity contribution in [2.75, 3.05) is 11.5 Å². The number of thioether (sulfide) groups is 1. The minimum atomic E-state index is 0.502. The Bertz CT molecular complexity index is 357. The second-order valence-electron chi connectivity index (χ2n) is 4.04. The fraction of sp³-hybridized carbons (Fsp3) is 0.700. The average molecular weight is 256 g/mol. The van der Waals surface area contributed by atoms with Crippen LogP contribution >= 0.6 is 24.4 Å². The lowest BCUT2D eigenvalue weighted by atomic mass is 10.3. The van der Waals surface area contributed by atoms with Gasteiger partial charge in [0.15, 0.2) is 0 Å². The van der Waals surface area contributed by atoms with Crippen LogP contribution in [0.15, 0.2) is 17.3 Å². The highest BCUT2D eigenvalue weighted by atomic mass is 32.2. The molecule has 0 atom stereocenters. The zero-order valence-electron chi connectivity index (χ0n) is 9.17. The lowest BCUT2D eigenvalue weighted by Gasteiger charge is -2.10. The highest BCUT2D eigenvalue weighted by Gasteiger charge is 2.21.